The second-order valence-corrected chi connectivity index (χ2v) is 3.27. The Morgan fingerprint density at radius 3 is 2.20 bits per heavy atom. The number of hydrogen-bond acceptors (Lipinski definition) is 3. The first-order valence-electron chi connectivity index (χ1n) is 3.85. The number of hydrogen-bond donors (Lipinski definition) is 3. The fourth-order valence-electron chi connectivity index (χ4n) is 1.22. The number of aromatic hydroxyl groups is 1. The maximum Gasteiger partial charge on any atom is 0.339 e. The van der Waals surface area contributed by atoms with Gasteiger partial charge in [0.1, 0.15) is 11.3 Å². The normalized spacial score (nSPS) is 10.0. The number of rotatable bonds is 2. The van der Waals surface area contributed by atoms with E-state index in [4.69, 9.17) is 21.8 Å². The first kappa shape index (κ1) is 11.3. The number of carboxylic acid groups (broad SMARTS) is 2. The first-order valence-corrected chi connectivity index (χ1v) is 4.22. The van der Waals surface area contributed by atoms with Gasteiger partial charge in [0.15, 0.2) is 0 Å². The molecule has 0 aliphatic rings. The lowest BCUT2D eigenvalue weighted by Gasteiger charge is -2.08. The molecule has 0 aromatic heterocycles. The number of halogens is 1. The summed E-state index contributed by atoms with van der Waals surface area (Å²) < 4.78 is 0. The van der Waals surface area contributed by atoms with E-state index in [-0.39, 0.29) is 16.1 Å². The molecule has 1 rings (SSSR count). The van der Waals surface area contributed by atoms with Crippen LogP contribution in [0.15, 0.2) is 6.07 Å². The highest BCUT2D eigenvalue weighted by molar-refractivity contribution is 6.33. The number of aromatic carboxylic acids is 2. The van der Waals surface area contributed by atoms with E-state index in [1.54, 1.807) is 0 Å². The van der Waals surface area contributed by atoms with Gasteiger partial charge >= 0.3 is 11.9 Å². The number of carbonyl (C=O) groups is 2. The summed E-state index contributed by atoms with van der Waals surface area (Å²) >= 11 is 5.50. The van der Waals surface area contributed by atoms with Crippen molar-refractivity contribution >= 4 is 23.5 Å². The van der Waals surface area contributed by atoms with Gasteiger partial charge in [0.05, 0.1) is 10.6 Å². The van der Waals surface area contributed by atoms with Crippen molar-refractivity contribution in [1.29, 1.82) is 0 Å². The van der Waals surface area contributed by atoms with E-state index in [2.05, 4.69) is 0 Å². The van der Waals surface area contributed by atoms with E-state index >= 15 is 0 Å². The topological polar surface area (TPSA) is 94.8 Å². The molecule has 0 spiro atoms. The van der Waals surface area contributed by atoms with Gasteiger partial charge in [-0.25, -0.2) is 9.59 Å². The van der Waals surface area contributed by atoms with Gasteiger partial charge in [-0.15, -0.1) is 0 Å². The fraction of sp³-hybridized carbons (Fsp3) is 0.111. The van der Waals surface area contributed by atoms with Gasteiger partial charge in [-0.1, -0.05) is 11.6 Å². The van der Waals surface area contributed by atoms with Crippen LogP contribution in [-0.4, -0.2) is 27.3 Å². The minimum atomic E-state index is -1.42. The Morgan fingerprint density at radius 1 is 1.27 bits per heavy atom. The van der Waals surface area contributed by atoms with E-state index in [0.29, 0.717) is 0 Å². The lowest BCUT2D eigenvalue weighted by atomic mass is 10.0. The zero-order chi connectivity index (χ0) is 11.7. The van der Waals surface area contributed by atoms with Gasteiger partial charge in [-0.3, -0.25) is 0 Å². The summed E-state index contributed by atoms with van der Waals surface area (Å²) in [6.45, 7) is 1.29. The molecule has 1 aromatic carbocycles. The highest BCUT2D eigenvalue weighted by Crippen LogP contribution is 2.32. The van der Waals surface area contributed by atoms with Crippen LogP contribution in [0.25, 0.3) is 0 Å². The Morgan fingerprint density at radius 2 is 1.80 bits per heavy atom. The van der Waals surface area contributed by atoms with Gasteiger partial charge in [-0.2, -0.15) is 0 Å². The minimum Gasteiger partial charge on any atom is -0.505 e. The molecule has 80 valence electrons. The Labute approximate surface area is 89.5 Å². The second kappa shape index (κ2) is 3.78. The fourth-order valence-corrected chi connectivity index (χ4v) is 1.42. The largest absolute Gasteiger partial charge is 0.505 e. The van der Waals surface area contributed by atoms with E-state index in [0.717, 1.165) is 6.07 Å². The molecular formula is C9H7ClO5. The highest BCUT2D eigenvalue weighted by atomic mass is 35.5. The molecule has 15 heavy (non-hydrogen) atoms. The van der Waals surface area contributed by atoms with Gasteiger partial charge < -0.3 is 15.3 Å². The Bertz CT molecular complexity index is 452. The molecule has 0 aliphatic heterocycles. The van der Waals surface area contributed by atoms with E-state index in [1.165, 1.54) is 6.92 Å². The molecule has 0 radical (unpaired) electrons. The standard InChI is InChI=1S/C9H7ClO5/c1-3-4(8(12)13)2-5(10)7(11)6(3)9(14)15/h2,11H,1H3,(H,12,13)(H,14,15). The Balaban J connectivity index is 3.63. The summed E-state index contributed by atoms with van der Waals surface area (Å²) in [5.74, 6) is -3.33. The van der Waals surface area contributed by atoms with Crippen LogP contribution in [0.1, 0.15) is 26.3 Å². The maximum atomic E-state index is 10.8. The van der Waals surface area contributed by atoms with Crippen LogP contribution < -0.4 is 0 Å². The zero-order valence-corrected chi connectivity index (χ0v) is 8.37. The lowest BCUT2D eigenvalue weighted by molar-refractivity contribution is 0.0693. The summed E-state index contributed by atoms with van der Waals surface area (Å²) in [4.78, 5) is 21.5. The van der Waals surface area contributed by atoms with Gasteiger partial charge in [-0.05, 0) is 18.6 Å². The highest BCUT2D eigenvalue weighted by Gasteiger charge is 2.22. The average Bonchev–Trinajstić information content (AvgIpc) is 2.10. The van der Waals surface area contributed by atoms with Crippen molar-refractivity contribution in [1.82, 2.24) is 0 Å². The van der Waals surface area contributed by atoms with Gasteiger partial charge in [0, 0.05) is 0 Å². The van der Waals surface area contributed by atoms with Crippen LogP contribution in [0.5, 0.6) is 5.75 Å². The molecule has 0 amide bonds. The van der Waals surface area contributed by atoms with Crippen molar-refractivity contribution in [3.05, 3.63) is 27.8 Å². The van der Waals surface area contributed by atoms with Gasteiger partial charge in [0.25, 0.3) is 0 Å². The molecular weight excluding hydrogens is 224 g/mol. The molecule has 3 N–H and O–H groups in total. The maximum absolute atomic E-state index is 10.8. The van der Waals surface area contributed by atoms with Crippen LogP contribution in [0.2, 0.25) is 5.02 Å². The van der Waals surface area contributed by atoms with Crippen LogP contribution in [0, 0.1) is 6.92 Å². The third-order valence-corrected chi connectivity index (χ3v) is 2.25. The first-order chi connectivity index (χ1) is 6.86. The molecule has 0 heterocycles. The zero-order valence-electron chi connectivity index (χ0n) is 7.61. The lowest BCUT2D eigenvalue weighted by Crippen LogP contribution is -2.07. The van der Waals surface area contributed by atoms with E-state index in [9.17, 15) is 14.7 Å². The Kier molecular flexibility index (Phi) is 2.85. The molecule has 0 atom stereocenters. The van der Waals surface area contributed by atoms with Crippen LogP contribution in [0.3, 0.4) is 0 Å². The predicted molar refractivity (Wildman–Crippen MR) is 51.8 cm³/mol. The molecule has 5 nitrogen and oxygen atoms in total. The van der Waals surface area contributed by atoms with E-state index in [1.807, 2.05) is 0 Å². The van der Waals surface area contributed by atoms with Crippen molar-refractivity contribution < 1.29 is 24.9 Å². The summed E-state index contributed by atoms with van der Waals surface area (Å²) in [5, 5.41) is 26.6. The summed E-state index contributed by atoms with van der Waals surface area (Å²) in [6.07, 6.45) is 0. The Hall–Kier alpha value is -1.75. The summed E-state index contributed by atoms with van der Waals surface area (Å²) in [5.41, 5.74) is -0.757. The van der Waals surface area contributed by atoms with E-state index < -0.39 is 23.3 Å². The second-order valence-electron chi connectivity index (χ2n) is 2.86. The quantitative estimate of drug-likeness (QED) is 0.719. The summed E-state index contributed by atoms with van der Waals surface area (Å²) in [6, 6.07) is 1.01. The van der Waals surface area contributed by atoms with Gasteiger partial charge in [0.2, 0.25) is 0 Å². The SMILES string of the molecule is Cc1c(C(=O)O)cc(Cl)c(O)c1C(=O)O. The molecule has 0 bridgehead atoms. The minimum absolute atomic E-state index is 0.0306. The van der Waals surface area contributed by atoms with Crippen molar-refractivity contribution in [2.75, 3.05) is 0 Å². The number of phenols is 1. The smallest absolute Gasteiger partial charge is 0.339 e. The van der Waals surface area contributed by atoms with Crippen LogP contribution >= 0.6 is 11.6 Å². The molecule has 0 fully saturated rings. The molecule has 6 heteroatoms. The molecule has 0 saturated carbocycles. The molecule has 0 saturated heterocycles. The average molecular weight is 231 g/mol. The molecule has 1 aromatic rings. The number of carboxylic acids is 2. The summed E-state index contributed by atoms with van der Waals surface area (Å²) in [7, 11) is 0. The molecule has 0 unspecified atom stereocenters. The molecule has 0 aliphatic carbocycles. The van der Waals surface area contributed by atoms with Crippen molar-refractivity contribution in [3.8, 4) is 5.75 Å². The van der Waals surface area contributed by atoms with Crippen molar-refractivity contribution in [2.24, 2.45) is 0 Å². The number of benzene rings is 1. The third kappa shape index (κ3) is 1.87. The third-order valence-electron chi connectivity index (χ3n) is 1.96. The monoisotopic (exact) mass is 230 g/mol. The van der Waals surface area contributed by atoms with Crippen LogP contribution in [0.4, 0.5) is 0 Å². The predicted octanol–water partition coefficient (Wildman–Crippen LogP) is 1.75. The van der Waals surface area contributed by atoms with Crippen LogP contribution in [-0.2, 0) is 0 Å². The van der Waals surface area contributed by atoms with Crippen molar-refractivity contribution in [3.63, 3.8) is 0 Å². The van der Waals surface area contributed by atoms with Crippen molar-refractivity contribution in [2.45, 2.75) is 6.92 Å².